The highest BCUT2D eigenvalue weighted by atomic mass is 35.5. The molecular weight excluding hydrogens is 416 g/mol. The molecule has 1 aliphatic rings. The molecule has 1 saturated heterocycles. The van der Waals surface area contributed by atoms with Crippen molar-refractivity contribution in [3.63, 3.8) is 0 Å². The van der Waals surface area contributed by atoms with E-state index in [1.807, 2.05) is 0 Å². The van der Waals surface area contributed by atoms with Gasteiger partial charge in [-0.1, -0.05) is 11.6 Å². The Balaban J connectivity index is 1.82. The van der Waals surface area contributed by atoms with E-state index in [-0.39, 0.29) is 33.7 Å². The maximum atomic E-state index is 12.8. The smallest absolute Gasteiger partial charge is 0.339 e. The van der Waals surface area contributed by atoms with E-state index in [9.17, 15) is 18.0 Å². The van der Waals surface area contributed by atoms with Crippen molar-refractivity contribution in [3.05, 3.63) is 52.5 Å². The minimum Gasteiger partial charge on any atom is -0.462 e. The Morgan fingerprint density at radius 3 is 2.59 bits per heavy atom. The van der Waals surface area contributed by atoms with Crippen molar-refractivity contribution >= 4 is 44.9 Å². The summed E-state index contributed by atoms with van der Waals surface area (Å²) in [5.74, 6) is -0.534. The van der Waals surface area contributed by atoms with Crippen molar-refractivity contribution in [2.24, 2.45) is 0 Å². The van der Waals surface area contributed by atoms with Crippen LogP contribution in [0.25, 0.3) is 0 Å². The van der Waals surface area contributed by atoms with Crippen LogP contribution in [-0.4, -0.2) is 33.4 Å². The van der Waals surface area contributed by atoms with Crippen LogP contribution in [-0.2, 0) is 19.6 Å². The molecular formula is C20H21ClN2O5S. The number of aryl methyl sites for hydroxylation is 1. The lowest BCUT2D eigenvalue weighted by Crippen LogP contribution is -2.24. The maximum Gasteiger partial charge on any atom is 0.339 e. The van der Waals surface area contributed by atoms with Crippen LogP contribution in [0.5, 0.6) is 0 Å². The molecule has 0 spiro atoms. The summed E-state index contributed by atoms with van der Waals surface area (Å²) in [6.45, 7) is 4.30. The number of hydrogen-bond acceptors (Lipinski definition) is 5. The van der Waals surface area contributed by atoms with E-state index in [4.69, 9.17) is 16.3 Å². The van der Waals surface area contributed by atoms with E-state index < -0.39 is 16.0 Å². The lowest BCUT2D eigenvalue weighted by molar-refractivity contribution is -0.117. The molecule has 0 aliphatic carbocycles. The fourth-order valence-corrected chi connectivity index (χ4v) is 4.56. The molecule has 1 heterocycles. The molecule has 1 fully saturated rings. The minimum atomic E-state index is -3.88. The van der Waals surface area contributed by atoms with Crippen molar-refractivity contribution in [2.75, 3.05) is 22.8 Å². The van der Waals surface area contributed by atoms with Gasteiger partial charge in [-0.15, -0.1) is 0 Å². The second-order valence-corrected chi connectivity index (χ2v) is 8.71. The van der Waals surface area contributed by atoms with E-state index in [2.05, 4.69) is 4.72 Å². The van der Waals surface area contributed by atoms with Crippen LogP contribution in [0.15, 0.2) is 41.3 Å². The zero-order valence-electron chi connectivity index (χ0n) is 16.1. The summed E-state index contributed by atoms with van der Waals surface area (Å²) in [5.41, 5.74) is 1.79. The number of anilines is 2. The number of carbonyl (C=O) groups excluding carboxylic acids is 2. The number of nitrogens with one attached hydrogen (secondary N) is 1. The number of nitrogens with zero attached hydrogens (tertiary/aromatic N) is 1. The molecule has 7 nitrogen and oxygen atoms in total. The van der Waals surface area contributed by atoms with Gasteiger partial charge in [-0.3, -0.25) is 9.52 Å². The Labute approximate surface area is 174 Å². The number of hydrogen-bond donors (Lipinski definition) is 1. The number of sulfonamides is 1. The van der Waals surface area contributed by atoms with Crippen molar-refractivity contribution in [3.8, 4) is 0 Å². The number of benzene rings is 2. The third-order valence-electron chi connectivity index (χ3n) is 4.56. The van der Waals surface area contributed by atoms with Crippen LogP contribution in [0, 0.1) is 6.92 Å². The number of esters is 1. The molecule has 0 bridgehead atoms. The summed E-state index contributed by atoms with van der Waals surface area (Å²) < 4.78 is 32.9. The van der Waals surface area contributed by atoms with Gasteiger partial charge in [0.15, 0.2) is 0 Å². The van der Waals surface area contributed by atoms with Gasteiger partial charge in [0.05, 0.1) is 27.8 Å². The first-order valence-electron chi connectivity index (χ1n) is 9.13. The summed E-state index contributed by atoms with van der Waals surface area (Å²) in [6.07, 6.45) is 1.30. The van der Waals surface area contributed by atoms with Gasteiger partial charge in [0.1, 0.15) is 0 Å². The lowest BCUT2D eigenvalue weighted by Gasteiger charge is -2.19. The number of rotatable bonds is 6. The molecule has 0 aromatic heterocycles. The van der Waals surface area contributed by atoms with Gasteiger partial charge in [0.25, 0.3) is 10.0 Å². The number of amides is 1. The number of halogens is 1. The van der Waals surface area contributed by atoms with Crippen molar-refractivity contribution in [1.82, 2.24) is 0 Å². The molecule has 154 valence electrons. The highest BCUT2D eigenvalue weighted by Crippen LogP contribution is 2.29. The maximum absolute atomic E-state index is 12.8. The minimum absolute atomic E-state index is 0.0400. The number of carbonyl (C=O) groups is 2. The highest BCUT2D eigenvalue weighted by Gasteiger charge is 2.24. The molecule has 9 heteroatoms. The van der Waals surface area contributed by atoms with E-state index in [1.54, 1.807) is 24.8 Å². The lowest BCUT2D eigenvalue weighted by atomic mass is 10.2. The average Bonchev–Trinajstić information content (AvgIpc) is 3.07. The fraction of sp³-hybridized carbons (Fsp3) is 0.300. The van der Waals surface area contributed by atoms with Gasteiger partial charge < -0.3 is 9.64 Å². The SMILES string of the molecule is CCOC(=O)c1ccc(NS(=O)(=O)c2ccc(N3CCCC3=O)c(C)c2)cc1Cl. The first-order valence-corrected chi connectivity index (χ1v) is 11.0. The van der Waals surface area contributed by atoms with Crippen LogP contribution < -0.4 is 9.62 Å². The van der Waals surface area contributed by atoms with Crippen LogP contribution in [0.1, 0.15) is 35.7 Å². The Bertz CT molecular complexity index is 1070. The predicted octanol–water partition coefficient (Wildman–Crippen LogP) is 3.75. The Morgan fingerprint density at radius 1 is 1.24 bits per heavy atom. The van der Waals surface area contributed by atoms with Crippen LogP contribution in [0.2, 0.25) is 5.02 Å². The Morgan fingerprint density at radius 2 is 2.00 bits per heavy atom. The third kappa shape index (κ3) is 4.54. The van der Waals surface area contributed by atoms with Crippen LogP contribution in [0.3, 0.4) is 0 Å². The first kappa shape index (κ1) is 21.1. The van der Waals surface area contributed by atoms with E-state index >= 15 is 0 Å². The molecule has 29 heavy (non-hydrogen) atoms. The van der Waals surface area contributed by atoms with Crippen molar-refractivity contribution < 1.29 is 22.7 Å². The third-order valence-corrected chi connectivity index (χ3v) is 6.25. The van der Waals surface area contributed by atoms with Gasteiger partial charge in [0.2, 0.25) is 5.91 Å². The zero-order chi connectivity index (χ0) is 21.2. The van der Waals surface area contributed by atoms with Gasteiger partial charge >= 0.3 is 5.97 Å². The number of ether oxygens (including phenoxy) is 1. The molecule has 3 rings (SSSR count). The first-order chi connectivity index (χ1) is 13.7. The van der Waals surface area contributed by atoms with Crippen molar-refractivity contribution in [1.29, 1.82) is 0 Å². The summed E-state index contributed by atoms with van der Waals surface area (Å²) >= 11 is 6.09. The second kappa shape index (κ2) is 8.42. The molecule has 0 radical (unpaired) electrons. The van der Waals surface area contributed by atoms with Crippen LogP contribution in [0.4, 0.5) is 11.4 Å². The van der Waals surface area contributed by atoms with Gasteiger partial charge in [-0.25, -0.2) is 13.2 Å². The molecule has 1 amide bonds. The molecule has 2 aromatic carbocycles. The van der Waals surface area contributed by atoms with E-state index in [1.165, 1.54) is 30.3 Å². The molecule has 0 saturated carbocycles. The zero-order valence-corrected chi connectivity index (χ0v) is 17.6. The summed E-state index contributed by atoms with van der Waals surface area (Å²) in [7, 11) is -3.88. The summed E-state index contributed by atoms with van der Waals surface area (Å²) in [6, 6.07) is 8.84. The van der Waals surface area contributed by atoms with E-state index in [0.717, 1.165) is 6.42 Å². The quantitative estimate of drug-likeness (QED) is 0.696. The topological polar surface area (TPSA) is 92.8 Å². The van der Waals surface area contributed by atoms with Gasteiger partial charge in [0, 0.05) is 18.7 Å². The Hall–Kier alpha value is -2.58. The monoisotopic (exact) mass is 436 g/mol. The molecule has 2 aromatic rings. The van der Waals surface area contributed by atoms with Crippen molar-refractivity contribution in [2.45, 2.75) is 31.6 Å². The standard InChI is InChI=1S/C20H21ClN2O5S/c1-3-28-20(25)16-8-6-14(12-17(16)21)22-29(26,27)15-7-9-18(13(2)11-15)23-10-4-5-19(23)24/h6-9,11-12,22H,3-5,10H2,1-2H3. The molecule has 1 N–H and O–H groups in total. The largest absolute Gasteiger partial charge is 0.462 e. The second-order valence-electron chi connectivity index (χ2n) is 6.62. The summed E-state index contributed by atoms with van der Waals surface area (Å²) in [5, 5.41) is 0.0859. The molecule has 1 aliphatic heterocycles. The summed E-state index contributed by atoms with van der Waals surface area (Å²) in [4.78, 5) is 25.5. The highest BCUT2D eigenvalue weighted by molar-refractivity contribution is 7.92. The van der Waals surface area contributed by atoms with Gasteiger partial charge in [-0.05, 0) is 62.2 Å². The van der Waals surface area contributed by atoms with Crippen LogP contribution >= 0.6 is 11.6 Å². The normalized spacial score (nSPS) is 14.2. The Kier molecular flexibility index (Phi) is 6.14. The fourth-order valence-electron chi connectivity index (χ4n) is 3.17. The molecule has 0 unspecified atom stereocenters. The van der Waals surface area contributed by atoms with E-state index in [0.29, 0.717) is 24.2 Å². The van der Waals surface area contributed by atoms with Gasteiger partial charge in [-0.2, -0.15) is 0 Å². The average molecular weight is 437 g/mol. The molecule has 0 atom stereocenters. The predicted molar refractivity (Wildman–Crippen MR) is 111 cm³/mol.